The lowest BCUT2D eigenvalue weighted by molar-refractivity contribution is 0.533. The highest BCUT2D eigenvalue weighted by Crippen LogP contribution is 2.35. The minimum atomic E-state index is -3.77. The zero-order chi connectivity index (χ0) is 13.4. The molecular weight excluding hydrogens is 250 g/mol. The van der Waals surface area contributed by atoms with Crippen LogP contribution < -0.4 is 16.2 Å². The molecule has 1 aromatic rings. The minimum absolute atomic E-state index is 0.00883. The normalized spacial score (nSPS) is 18.8. The molecule has 0 saturated heterocycles. The van der Waals surface area contributed by atoms with E-state index in [-0.39, 0.29) is 16.1 Å². The van der Waals surface area contributed by atoms with Gasteiger partial charge in [0, 0.05) is 5.54 Å². The molecule has 0 spiro atoms. The van der Waals surface area contributed by atoms with Gasteiger partial charge in [0.1, 0.15) is 4.90 Å². The first kappa shape index (κ1) is 13.2. The Morgan fingerprint density at radius 3 is 2.44 bits per heavy atom. The van der Waals surface area contributed by atoms with Crippen molar-refractivity contribution >= 4 is 21.4 Å². The highest BCUT2D eigenvalue weighted by atomic mass is 32.2. The molecule has 1 aliphatic carbocycles. The monoisotopic (exact) mass is 269 g/mol. The van der Waals surface area contributed by atoms with Crippen LogP contribution in [-0.2, 0) is 10.0 Å². The summed E-state index contributed by atoms with van der Waals surface area (Å²) in [6.07, 6.45) is 4.48. The molecule has 18 heavy (non-hydrogen) atoms. The number of nitrogen functional groups attached to an aromatic ring is 1. The summed E-state index contributed by atoms with van der Waals surface area (Å²) in [6, 6.07) is 4.86. The number of primary sulfonamides is 1. The van der Waals surface area contributed by atoms with Crippen LogP contribution in [0.15, 0.2) is 23.1 Å². The number of nitrogens with two attached hydrogens (primary N) is 2. The summed E-state index contributed by atoms with van der Waals surface area (Å²) in [5, 5.41) is 8.49. The molecule has 0 amide bonds. The largest absolute Gasteiger partial charge is 0.396 e. The lowest BCUT2D eigenvalue weighted by Gasteiger charge is -2.27. The van der Waals surface area contributed by atoms with E-state index in [9.17, 15) is 8.42 Å². The maximum atomic E-state index is 11.4. The van der Waals surface area contributed by atoms with E-state index in [4.69, 9.17) is 10.9 Å². The first-order chi connectivity index (χ1) is 8.32. The van der Waals surface area contributed by atoms with E-state index < -0.39 is 10.0 Å². The standard InChI is InChI=1S/C12H19N3O2S/c1-12(7-2-3-8-12)15-9-5-4-6-10(11(9)13)18(14,16)17/h4-6,15H,2-3,7-8,13H2,1H3,(H2,14,16,17). The van der Waals surface area contributed by atoms with Crippen LogP contribution in [0.2, 0.25) is 0 Å². The fourth-order valence-electron chi connectivity index (χ4n) is 2.51. The number of anilines is 2. The first-order valence-corrected chi connectivity index (χ1v) is 7.56. The van der Waals surface area contributed by atoms with Crippen molar-refractivity contribution in [2.45, 2.75) is 43.0 Å². The molecule has 2 rings (SSSR count). The third kappa shape index (κ3) is 2.59. The Morgan fingerprint density at radius 1 is 1.28 bits per heavy atom. The summed E-state index contributed by atoms with van der Waals surface area (Å²) in [5.41, 5.74) is 6.72. The van der Waals surface area contributed by atoms with Gasteiger partial charge in [0.25, 0.3) is 0 Å². The summed E-state index contributed by atoms with van der Waals surface area (Å²) in [4.78, 5) is -0.0194. The molecule has 1 aliphatic rings. The highest BCUT2D eigenvalue weighted by molar-refractivity contribution is 7.89. The van der Waals surface area contributed by atoms with E-state index in [1.165, 1.54) is 18.9 Å². The van der Waals surface area contributed by atoms with Crippen molar-refractivity contribution in [2.75, 3.05) is 11.1 Å². The van der Waals surface area contributed by atoms with Crippen molar-refractivity contribution < 1.29 is 8.42 Å². The van der Waals surface area contributed by atoms with E-state index in [1.54, 1.807) is 12.1 Å². The van der Waals surface area contributed by atoms with Crippen LogP contribution in [0.4, 0.5) is 11.4 Å². The Morgan fingerprint density at radius 2 is 1.89 bits per heavy atom. The number of para-hydroxylation sites is 1. The SMILES string of the molecule is CC1(Nc2cccc(S(N)(=O)=O)c2N)CCCC1. The van der Waals surface area contributed by atoms with E-state index in [1.807, 2.05) is 0 Å². The van der Waals surface area contributed by atoms with Crippen LogP contribution in [0.3, 0.4) is 0 Å². The lowest BCUT2D eigenvalue weighted by atomic mass is 10.00. The Kier molecular flexibility index (Phi) is 3.25. The van der Waals surface area contributed by atoms with Gasteiger partial charge < -0.3 is 11.1 Å². The van der Waals surface area contributed by atoms with Gasteiger partial charge in [0.15, 0.2) is 0 Å². The Bertz CT molecular complexity index is 548. The third-order valence-electron chi connectivity index (χ3n) is 3.52. The smallest absolute Gasteiger partial charge is 0.240 e. The third-order valence-corrected chi connectivity index (χ3v) is 4.49. The second-order valence-electron chi connectivity index (χ2n) is 5.16. The molecular formula is C12H19N3O2S. The number of nitrogens with one attached hydrogen (secondary N) is 1. The van der Waals surface area contributed by atoms with Crippen molar-refractivity contribution in [3.63, 3.8) is 0 Å². The van der Waals surface area contributed by atoms with Crippen LogP contribution >= 0.6 is 0 Å². The molecule has 5 nitrogen and oxygen atoms in total. The van der Waals surface area contributed by atoms with Crippen molar-refractivity contribution in [1.29, 1.82) is 0 Å². The molecule has 5 N–H and O–H groups in total. The van der Waals surface area contributed by atoms with Crippen molar-refractivity contribution in [1.82, 2.24) is 0 Å². The van der Waals surface area contributed by atoms with E-state index in [0.717, 1.165) is 12.8 Å². The van der Waals surface area contributed by atoms with Crippen LogP contribution in [0, 0.1) is 0 Å². The molecule has 0 heterocycles. The van der Waals surface area contributed by atoms with Gasteiger partial charge in [0.2, 0.25) is 10.0 Å². The molecule has 1 aromatic carbocycles. The van der Waals surface area contributed by atoms with Gasteiger partial charge in [-0.3, -0.25) is 0 Å². The highest BCUT2D eigenvalue weighted by Gasteiger charge is 2.29. The quantitative estimate of drug-likeness (QED) is 0.727. The topological polar surface area (TPSA) is 98.2 Å². The van der Waals surface area contributed by atoms with Crippen LogP contribution in [0.1, 0.15) is 32.6 Å². The van der Waals surface area contributed by atoms with Crippen LogP contribution in [0.25, 0.3) is 0 Å². The summed E-state index contributed by atoms with van der Waals surface area (Å²) < 4.78 is 22.8. The maximum absolute atomic E-state index is 11.4. The van der Waals surface area contributed by atoms with Gasteiger partial charge in [-0.2, -0.15) is 0 Å². The van der Waals surface area contributed by atoms with Crippen LogP contribution in [0.5, 0.6) is 0 Å². The van der Waals surface area contributed by atoms with E-state index in [0.29, 0.717) is 5.69 Å². The first-order valence-electron chi connectivity index (χ1n) is 6.01. The number of rotatable bonds is 3. The summed E-state index contributed by atoms with van der Waals surface area (Å²) >= 11 is 0. The van der Waals surface area contributed by atoms with E-state index in [2.05, 4.69) is 12.2 Å². The zero-order valence-corrected chi connectivity index (χ0v) is 11.3. The molecule has 1 saturated carbocycles. The second kappa shape index (κ2) is 4.44. The molecule has 0 bridgehead atoms. The average Bonchev–Trinajstić information content (AvgIpc) is 2.67. The van der Waals surface area contributed by atoms with E-state index >= 15 is 0 Å². The number of benzene rings is 1. The Balaban J connectivity index is 2.35. The van der Waals surface area contributed by atoms with Gasteiger partial charge in [-0.05, 0) is 31.9 Å². The average molecular weight is 269 g/mol. The number of sulfonamides is 1. The number of hydrogen-bond acceptors (Lipinski definition) is 4. The molecule has 0 atom stereocenters. The Hall–Kier alpha value is -1.27. The Labute approximate surface area is 108 Å². The maximum Gasteiger partial charge on any atom is 0.240 e. The van der Waals surface area contributed by atoms with Crippen molar-refractivity contribution in [3.8, 4) is 0 Å². The van der Waals surface area contributed by atoms with Gasteiger partial charge in [-0.25, -0.2) is 13.6 Å². The second-order valence-corrected chi connectivity index (χ2v) is 6.69. The minimum Gasteiger partial charge on any atom is -0.396 e. The fraction of sp³-hybridized carbons (Fsp3) is 0.500. The van der Waals surface area contributed by atoms with Crippen LogP contribution in [-0.4, -0.2) is 14.0 Å². The molecule has 0 radical (unpaired) electrons. The predicted octanol–water partition coefficient (Wildman–Crippen LogP) is 1.66. The lowest BCUT2D eigenvalue weighted by Crippen LogP contribution is -2.31. The fourth-order valence-corrected chi connectivity index (χ4v) is 3.19. The molecule has 0 unspecified atom stereocenters. The predicted molar refractivity (Wildman–Crippen MR) is 72.7 cm³/mol. The number of hydrogen-bond donors (Lipinski definition) is 3. The summed E-state index contributed by atoms with van der Waals surface area (Å²) in [5.74, 6) is 0. The van der Waals surface area contributed by atoms with Gasteiger partial charge in [-0.15, -0.1) is 0 Å². The molecule has 1 fully saturated rings. The van der Waals surface area contributed by atoms with Crippen molar-refractivity contribution in [2.24, 2.45) is 5.14 Å². The summed E-state index contributed by atoms with van der Waals surface area (Å²) in [6.45, 7) is 2.13. The molecule has 0 aromatic heterocycles. The zero-order valence-electron chi connectivity index (χ0n) is 10.4. The molecule has 100 valence electrons. The van der Waals surface area contributed by atoms with Gasteiger partial charge in [-0.1, -0.05) is 18.9 Å². The summed E-state index contributed by atoms with van der Waals surface area (Å²) in [7, 11) is -3.77. The van der Waals surface area contributed by atoms with Crippen molar-refractivity contribution in [3.05, 3.63) is 18.2 Å². The van der Waals surface area contributed by atoms with Gasteiger partial charge >= 0.3 is 0 Å². The molecule has 0 aliphatic heterocycles. The van der Waals surface area contributed by atoms with Gasteiger partial charge in [0.05, 0.1) is 11.4 Å². The molecule has 6 heteroatoms.